The molecule has 0 spiro atoms. The Morgan fingerprint density at radius 3 is 2.64 bits per heavy atom. The van der Waals surface area contributed by atoms with Gasteiger partial charge in [0, 0.05) is 23.6 Å². The molecule has 0 saturated heterocycles. The summed E-state index contributed by atoms with van der Waals surface area (Å²) in [6, 6.07) is 15.9. The molecule has 1 aliphatic carbocycles. The van der Waals surface area contributed by atoms with Crippen LogP contribution in [0, 0.1) is 0 Å². The van der Waals surface area contributed by atoms with Crippen LogP contribution in [0.2, 0.25) is 0 Å². The molecule has 2 aliphatic rings. The number of benzene rings is 2. The minimum atomic E-state index is -4.71. The first-order valence-corrected chi connectivity index (χ1v) is 10.5. The van der Waals surface area contributed by atoms with Crippen LogP contribution >= 0.6 is 0 Å². The van der Waals surface area contributed by atoms with Crippen LogP contribution in [0.25, 0.3) is 10.8 Å². The fourth-order valence-electron chi connectivity index (χ4n) is 4.83. The van der Waals surface area contributed by atoms with Crippen LogP contribution in [-0.2, 0) is 11.0 Å². The number of carbonyl (C=O) groups is 1. The van der Waals surface area contributed by atoms with Crippen LogP contribution in [0.4, 0.5) is 19.1 Å². The van der Waals surface area contributed by atoms with Gasteiger partial charge in [0.2, 0.25) is 5.95 Å². The molecule has 33 heavy (non-hydrogen) atoms. The lowest BCUT2D eigenvalue weighted by Gasteiger charge is -2.34. The third-order valence-electron chi connectivity index (χ3n) is 6.24. The summed E-state index contributed by atoms with van der Waals surface area (Å²) in [7, 11) is 0. The highest BCUT2D eigenvalue weighted by molar-refractivity contribution is 6.01. The number of hydrogen-bond donors (Lipinski definition) is 1. The van der Waals surface area contributed by atoms with Crippen molar-refractivity contribution in [3.63, 3.8) is 0 Å². The number of ketones is 1. The number of Topliss-reactive ketones (excluding diaryl/α,β-unsaturated/α-hetero) is 1. The van der Waals surface area contributed by atoms with E-state index in [9.17, 15) is 18.0 Å². The summed E-state index contributed by atoms with van der Waals surface area (Å²) in [5, 5.41) is 8.53. The van der Waals surface area contributed by atoms with Gasteiger partial charge in [-0.15, -0.1) is 5.10 Å². The average Bonchev–Trinajstić information content (AvgIpc) is 3.47. The number of aromatic nitrogens is 3. The quantitative estimate of drug-likeness (QED) is 0.439. The van der Waals surface area contributed by atoms with E-state index in [0.29, 0.717) is 29.0 Å². The number of nitrogens with zero attached hydrogens (tertiary/aromatic N) is 3. The molecule has 0 bridgehead atoms. The van der Waals surface area contributed by atoms with Crippen molar-refractivity contribution in [2.45, 2.75) is 31.0 Å². The zero-order valence-electron chi connectivity index (χ0n) is 17.1. The number of halogens is 3. The first-order chi connectivity index (χ1) is 15.9. The van der Waals surface area contributed by atoms with E-state index in [1.165, 1.54) is 4.68 Å². The monoisotopic (exact) mass is 450 g/mol. The van der Waals surface area contributed by atoms with E-state index in [1.54, 1.807) is 18.4 Å². The van der Waals surface area contributed by atoms with Gasteiger partial charge in [0.15, 0.2) is 5.78 Å². The fourth-order valence-corrected chi connectivity index (χ4v) is 4.83. The van der Waals surface area contributed by atoms with E-state index in [0.717, 1.165) is 10.8 Å². The molecule has 0 fully saturated rings. The predicted molar refractivity (Wildman–Crippen MR) is 113 cm³/mol. The zero-order chi connectivity index (χ0) is 22.7. The number of allylic oxidation sites excluding steroid dienone is 2. The van der Waals surface area contributed by atoms with Crippen molar-refractivity contribution in [1.82, 2.24) is 14.8 Å². The molecular weight excluding hydrogens is 433 g/mol. The Hall–Kier alpha value is -3.88. The molecule has 6 rings (SSSR count). The second-order valence-electron chi connectivity index (χ2n) is 8.23. The molecule has 0 radical (unpaired) electrons. The van der Waals surface area contributed by atoms with Gasteiger partial charge in [-0.1, -0.05) is 42.5 Å². The number of fused-ring (bicyclic) bond motifs is 2. The molecule has 1 aliphatic heterocycles. The second-order valence-corrected chi connectivity index (χ2v) is 8.23. The Labute approximate surface area is 185 Å². The molecule has 9 heteroatoms. The lowest BCUT2D eigenvalue weighted by molar-refractivity contribution is -0.145. The Bertz CT molecular complexity index is 1410. The fraction of sp³-hybridized carbons (Fsp3) is 0.208. The standard InChI is InChI=1S/C24H17F3N4O2/c25-24(26,27)22-29-23-28-17-11-14(19-9-4-10-33-19)12-18(32)20(17)21(31(23)30-22)16-8-3-6-13-5-1-2-7-15(13)16/h1-10,14,21H,11-12H2,(H,28,29,30)/t14-,21-/m1/s1. The summed E-state index contributed by atoms with van der Waals surface area (Å²) in [6.45, 7) is 0. The van der Waals surface area contributed by atoms with E-state index in [-0.39, 0.29) is 24.1 Å². The van der Waals surface area contributed by atoms with E-state index >= 15 is 0 Å². The van der Waals surface area contributed by atoms with Crippen molar-refractivity contribution < 1.29 is 22.4 Å². The van der Waals surface area contributed by atoms with E-state index in [2.05, 4.69) is 15.4 Å². The third-order valence-corrected chi connectivity index (χ3v) is 6.24. The number of furan rings is 1. The molecule has 2 atom stereocenters. The van der Waals surface area contributed by atoms with E-state index in [1.807, 2.05) is 42.5 Å². The SMILES string of the molecule is O=C1C[C@H](c2ccco2)CC2=C1[C@@H](c1cccc3ccccc13)n1nc(C(F)(F)F)nc1N2. The molecule has 0 saturated carbocycles. The molecule has 0 unspecified atom stereocenters. The molecular formula is C24H17F3N4O2. The summed E-state index contributed by atoms with van der Waals surface area (Å²) in [5.41, 5.74) is 1.67. The second kappa shape index (κ2) is 7.06. The normalized spacial score (nSPS) is 20.5. The van der Waals surface area contributed by atoms with Crippen LogP contribution < -0.4 is 5.32 Å². The number of anilines is 1. The molecule has 6 nitrogen and oxygen atoms in total. The molecule has 2 aromatic carbocycles. The zero-order valence-corrected chi connectivity index (χ0v) is 17.1. The summed E-state index contributed by atoms with van der Waals surface area (Å²) in [6.07, 6.45) is -2.55. The summed E-state index contributed by atoms with van der Waals surface area (Å²) in [4.78, 5) is 17.2. The van der Waals surface area contributed by atoms with Crippen molar-refractivity contribution in [2.75, 3.05) is 5.32 Å². The van der Waals surface area contributed by atoms with Crippen LogP contribution in [0.1, 0.15) is 41.9 Å². The van der Waals surface area contributed by atoms with Crippen LogP contribution in [0.3, 0.4) is 0 Å². The maximum atomic E-state index is 13.5. The number of alkyl halides is 3. The van der Waals surface area contributed by atoms with Crippen LogP contribution in [0.15, 0.2) is 76.5 Å². The van der Waals surface area contributed by atoms with Crippen molar-refractivity contribution in [2.24, 2.45) is 0 Å². The van der Waals surface area contributed by atoms with Crippen molar-refractivity contribution in [1.29, 1.82) is 0 Å². The molecule has 2 aromatic heterocycles. The Balaban J connectivity index is 1.56. The van der Waals surface area contributed by atoms with Gasteiger partial charge < -0.3 is 9.73 Å². The van der Waals surface area contributed by atoms with Gasteiger partial charge >= 0.3 is 6.18 Å². The van der Waals surface area contributed by atoms with Gasteiger partial charge in [0.25, 0.3) is 5.82 Å². The summed E-state index contributed by atoms with van der Waals surface area (Å²) < 4.78 is 47.2. The number of carbonyl (C=O) groups excluding carboxylic acids is 1. The molecule has 1 N–H and O–H groups in total. The minimum absolute atomic E-state index is 0.0353. The van der Waals surface area contributed by atoms with Crippen molar-refractivity contribution in [3.8, 4) is 0 Å². The minimum Gasteiger partial charge on any atom is -0.469 e. The van der Waals surface area contributed by atoms with Gasteiger partial charge in [-0.25, -0.2) is 4.68 Å². The largest absolute Gasteiger partial charge is 0.469 e. The first kappa shape index (κ1) is 19.8. The van der Waals surface area contributed by atoms with Crippen molar-refractivity contribution >= 4 is 22.5 Å². The van der Waals surface area contributed by atoms with Gasteiger partial charge in [-0.05, 0) is 34.9 Å². The average molecular weight is 450 g/mol. The maximum absolute atomic E-state index is 13.5. The Kier molecular flexibility index (Phi) is 4.23. The highest BCUT2D eigenvalue weighted by Crippen LogP contribution is 2.46. The van der Waals surface area contributed by atoms with E-state index < -0.39 is 18.0 Å². The van der Waals surface area contributed by atoms with Gasteiger partial charge in [0.05, 0.1) is 6.26 Å². The summed E-state index contributed by atoms with van der Waals surface area (Å²) >= 11 is 0. The highest BCUT2D eigenvalue weighted by Gasteiger charge is 2.44. The number of hydrogen-bond acceptors (Lipinski definition) is 5. The molecule has 4 aromatic rings. The maximum Gasteiger partial charge on any atom is 0.453 e. The predicted octanol–water partition coefficient (Wildman–Crippen LogP) is 5.46. The lowest BCUT2D eigenvalue weighted by atomic mass is 9.79. The Morgan fingerprint density at radius 1 is 1.03 bits per heavy atom. The van der Waals surface area contributed by atoms with Crippen molar-refractivity contribution in [3.05, 3.63) is 89.3 Å². The van der Waals surface area contributed by atoms with E-state index in [4.69, 9.17) is 4.42 Å². The lowest BCUT2D eigenvalue weighted by Crippen LogP contribution is -2.33. The van der Waals surface area contributed by atoms with Gasteiger partial charge in [-0.3, -0.25) is 4.79 Å². The number of rotatable bonds is 2. The van der Waals surface area contributed by atoms with Crippen LogP contribution in [0.5, 0.6) is 0 Å². The first-order valence-electron chi connectivity index (χ1n) is 10.5. The Morgan fingerprint density at radius 2 is 1.85 bits per heavy atom. The van der Waals surface area contributed by atoms with Crippen LogP contribution in [-0.4, -0.2) is 20.5 Å². The molecule has 3 heterocycles. The number of nitrogens with one attached hydrogen (secondary N) is 1. The van der Waals surface area contributed by atoms with Gasteiger partial charge in [-0.2, -0.15) is 18.2 Å². The van der Waals surface area contributed by atoms with Gasteiger partial charge in [0.1, 0.15) is 11.8 Å². The third kappa shape index (κ3) is 3.14. The molecule has 0 amide bonds. The topological polar surface area (TPSA) is 73.0 Å². The molecule has 166 valence electrons. The smallest absolute Gasteiger partial charge is 0.453 e. The highest BCUT2D eigenvalue weighted by atomic mass is 19.4. The summed E-state index contributed by atoms with van der Waals surface area (Å²) in [5.74, 6) is -0.972.